The number of nitrogens with one attached hydrogen (secondary N) is 1. The number of hydrogen-bond acceptors (Lipinski definition) is 3. The average molecular weight is 372 g/mol. The van der Waals surface area contributed by atoms with E-state index in [1.165, 1.54) is 24.8 Å². The summed E-state index contributed by atoms with van der Waals surface area (Å²) in [5, 5.41) is 3.12. The highest BCUT2D eigenvalue weighted by Gasteiger charge is 2.35. The monoisotopic (exact) mass is 371 g/mol. The summed E-state index contributed by atoms with van der Waals surface area (Å²) in [4.78, 5) is 29.2. The van der Waals surface area contributed by atoms with Crippen molar-refractivity contribution in [2.75, 3.05) is 32.7 Å². The second kappa shape index (κ2) is 8.87. The van der Waals surface area contributed by atoms with Crippen LogP contribution in [0.15, 0.2) is 30.3 Å². The minimum absolute atomic E-state index is 0.0237. The van der Waals surface area contributed by atoms with Gasteiger partial charge >= 0.3 is 0 Å². The molecule has 5 nitrogen and oxygen atoms in total. The Morgan fingerprint density at radius 1 is 1.15 bits per heavy atom. The number of rotatable bonds is 7. The lowest BCUT2D eigenvalue weighted by Crippen LogP contribution is -2.54. The first-order chi connectivity index (χ1) is 13.0. The molecule has 0 spiro atoms. The lowest BCUT2D eigenvalue weighted by atomic mass is 9.98. The number of piperidine rings is 1. The van der Waals surface area contributed by atoms with E-state index >= 15 is 0 Å². The van der Waals surface area contributed by atoms with Crippen molar-refractivity contribution < 1.29 is 9.59 Å². The Bertz CT molecular complexity index is 638. The molecule has 148 valence electrons. The molecule has 2 fully saturated rings. The van der Waals surface area contributed by atoms with Gasteiger partial charge in [0.2, 0.25) is 11.8 Å². The Hall–Kier alpha value is -1.88. The van der Waals surface area contributed by atoms with Crippen LogP contribution in [-0.2, 0) is 16.0 Å². The molecule has 1 aromatic carbocycles. The summed E-state index contributed by atoms with van der Waals surface area (Å²) >= 11 is 0. The predicted octanol–water partition coefficient (Wildman–Crippen LogP) is 2.46. The zero-order chi connectivity index (χ0) is 19.3. The molecule has 2 aliphatic rings. The van der Waals surface area contributed by atoms with Crippen LogP contribution in [0.4, 0.5) is 0 Å². The van der Waals surface area contributed by atoms with E-state index in [4.69, 9.17) is 0 Å². The van der Waals surface area contributed by atoms with Gasteiger partial charge in [-0.3, -0.25) is 14.5 Å². The van der Waals surface area contributed by atoms with Gasteiger partial charge in [0.15, 0.2) is 0 Å². The molecule has 2 amide bonds. The van der Waals surface area contributed by atoms with E-state index in [1.807, 2.05) is 23.1 Å². The largest absolute Gasteiger partial charge is 0.354 e. The molecule has 0 aromatic heterocycles. The van der Waals surface area contributed by atoms with E-state index in [0.717, 1.165) is 19.5 Å². The number of nitrogens with zero attached hydrogens (tertiary/aromatic N) is 2. The minimum Gasteiger partial charge on any atom is -0.354 e. The molecule has 2 heterocycles. The van der Waals surface area contributed by atoms with Crippen molar-refractivity contribution in [1.29, 1.82) is 0 Å². The highest BCUT2D eigenvalue weighted by molar-refractivity contribution is 5.89. The summed E-state index contributed by atoms with van der Waals surface area (Å²) in [7, 11) is 0. The van der Waals surface area contributed by atoms with Crippen molar-refractivity contribution in [2.24, 2.45) is 5.92 Å². The van der Waals surface area contributed by atoms with Crippen molar-refractivity contribution in [1.82, 2.24) is 15.1 Å². The average Bonchev–Trinajstić information content (AvgIpc) is 3.07. The highest BCUT2D eigenvalue weighted by Crippen LogP contribution is 2.21. The summed E-state index contributed by atoms with van der Waals surface area (Å²) in [5.74, 6) is -0.0950. The van der Waals surface area contributed by atoms with E-state index in [0.29, 0.717) is 26.1 Å². The van der Waals surface area contributed by atoms with Crippen molar-refractivity contribution in [3.05, 3.63) is 35.9 Å². The van der Waals surface area contributed by atoms with Crippen LogP contribution in [-0.4, -0.2) is 59.9 Å². The highest BCUT2D eigenvalue weighted by atomic mass is 16.2. The normalized spacial score (nSPS) is 21.5. The van der Waals surface area contributed by atoms with Gasteiger partial charge < -0.3 is 10.2 Å². The molecule has 3 rings (SSSR count). The van der Waals surface area contributed by atoms with Crippen molar-refractivity contribution in [3.8, 4) is 0 Å². The first-order valence-electron chi connectivity index (χ1n) is 10.3. The summed E-state index contributed by atoms with van der Waals surface area (Å²) < 4.78 is 0. The molecule has 5 heteroatoms. The van der Waals surface area contributed by atoms with Gasteiger partial charge in [0.25, 0.3) is 0 Å². The maximum absolute atomic E-state index is 12.6. The molecule has 2 aliphatic heterocycles. The Balaban J connectivity index is 1.45. The van der Waals surface area contributed by atoms with Gasteiger partial charge in [-0.1, -0.05) is 36.8 Å². The van der Waals surface area contributed by atoms with E-state index in [2.05, 4.69) is 36.2 Å². The third kappa shape index (κ3) is 5.32. The van der Waals surface area contributed by atoms with Crippen LogP contribution >= 0.6 is 0 Å². The van der Waals surface area contributed by atoms with Gasteiger partial charge in [-0.25, -0.2) is 0 Å². The molecule has 27 heavy (non-hydrogen) atoms. The molecule has 0 aliphatic carbocycles. The summed E-state index contributed by atoms with van der Waals surface area (Å²) in [5.41, 5.74) is 1.19. The second-order valence-corrected chi connectivity index (χ2v) is 8.55. The maximum atomic E-state index is 12.6. The standard InChI is InChI=1S/C22H33N3O2/c1-22(2,25-12-7-4-8-13-25)17-23-21(27)19-15-20(26)24(16-19)14-11-18-9-5-3-6-10-18/h3,5-6,9-10,19H,4,7-8,11-17H2,1-2H3,(H,23,27). The van der Waals surface area contributed by atoms with E-state index in [9.17, 15) is 9.59 Å². The van der Waals surface area contributed by atoms with Gasteiger partial charge in [-0.05, 0) is 51.8 Å². The molecular formula is C22H33N3O2. The van der Waals surface area contributed by atoms with Gasteiger partial charge in [0.1, 0.15) is 0 Å². The summed E-state index contributed by atoms with van der Waals surface area (Å²) in [6, 6.07) is 10.2. The molecule has 1 aromatic rings. The summed E-state index contributed by atoms with van der Waals surface area (Å²) in [6.07, 6.45) is 4.96. The van der Waals surface area contributed by atoms with Crippen LogP contribution in [0.2, 0.25) is 0 Å². The quantitative estimate of drug-likeness (QED) is 0.801. The van der Waals surface area contributed by atoms with Crippen molar-refractivity contribution in [3.63, 3.8) is 0 Å². The Kier molecular flexibility index (Phi) is 6.53. The van der Waals surface area contributed by atoms with Crippen molar-refractivity contribution in [2.45, 2.75) is 51.5 Å². The fraction of sp³-hybridized carbons (Fsp3) is 0.636. The van der Waals surface area contributed by atoms with Crippen LogP contribution in [0, 0.1) is 5.92 Å². The zero-order valence-electron chi connectivity index (χ0n) is 16.7. The Morgan fingerprint density at radius 2 is 1.85 bits per heavy atom. The molecule has 1 atom stereocenters. The number of amides is 2. The van der Waals surface area contributed by atoms with Crippen LogP contribution in [0.25, 0.3) is 0 Å². The van der Waals surface area contributed by atoms with Crippen LogP contribution < -0.4 is 5.32 Å². The van der Waals surface area contributed by atoms with Gasteiger partial charge in [-0.2, -0.15) is 0 Å². The smallest absolute Gasteiger partial charge is 0.225 e. The van der Waals surface area contributed by atoms with E-state index in [1.54, 1.807) is 0 Å². The molecule has 1 unspecified atom stereocenters. The SMILES string of the molecule is CC(C)(CNC(=O)C1CC(=O)N(CCc2ccccc2)C1)N1CCCCC1. The van der Waals surface area contributed by atoms with Crippen LogP contribution in [0.5, 0.6) is 0 Å². The van der Waals surface area contributed by atoms with Gasteiger partial charge in [0.05, 0.1) is 5.92 Å². The zero-order valence-corrected chi connectivity index (χ0v) is 16.7. The van der Waals surface area contributed by atoms with Gasteiger partial charge in [0, 0.05) is 31.6 Å². The first-order valence-corrected chi connectivity index (χ1v) is 10.3. The Labute approximate surface area is 163 Å². The third-order valence-corrected chi connectivity index (χ3v) is 6.01. The number of carbonyl (C=O) groups excluding carboxylic acids is 2. The first kappa shape index (κ1) is 19.9. The number of hydrogen-bond donors (Lipinski definition) is 1. The lowest BCUT2D eigenvalue weighted by Gasteiger charge is -2.41. The fourth-order valence-electron chi connectivity index (χ4n) is 4.13. The topological polar surface area (TPSA) is 52.7 Å². The molecule has 1 N–H and O–H groups in total. The molecule has 0 radical (unpaired) electrons. The number of benzene rings is 1. The second-order valence-electron chi connectivity index (χ2n) is 8.55. The van der Waals surface area contributed by atoms with E-state index < -0.39 is 0 Å². The fourth-order valence-corrected chi connectivity index (χ4v) is 4.13. The molecule has 2 saturated heterocycles. The Morgan fingerprint density at radius 3 is 2.56 bits per heavy atom. The maximum Gasteiger partial charge on any atom is 0.225 e. The van der Waals surface area contributed by atoms with Crippen molar-refractivity contribution >= 4 is 11.8 Å². The summed E-state index contributed by atoms with van der Waals surface area (Å²) in [6.45, 7) is 8.49. The third-order valence-electron chi connectivity index (χ3n) is 6.01. The van der Waals surface area contributed by atoms with Gasteiger partial charge in [-0.15, -0.1) is 0 Å². The molecule has 0 saturated carbocycles. The van der Waals surface area contributed by atoms with E-state index in [-0.39, 0.29) is 23.3 Å². The minimum atomic E-state index is -0.217. The number of carbonyl (C=O) groups is 2. The van der Waals surface area contributed by atoms with Crippen LogP contribution in [0.3, 0.4) is 0 Å². The number of likely N-dealkylation sites (tertiary alicyclic amines) is 2. The predicted molar refractivity (Wildman–Crippen MR) is 107 cm³/mol. The molecule has 0 bridgehead atoms. The molecular weight excluding hydrogens is 338 g/mol. The van der Waals surface area contributed by atoms with Crippen LogP contribution in [0.1, 0.15) is 45.1 Å². The lowest BCUT2D eigenvalue weighted by molar-refractivity contribution is -0.129.